The van der Waals surface area contributed by atoms with E-state index < -0.39 is 0 Å². The topological polar surface area (TPSA) is 45.7 Å². The summed E-state index contributed by atoms with van der Waals surface area (Å²) < 4.78 is 5.93. The summed E-state index contributed by atoms with van der Waals surface area (Å²) in [5.74, 6) is 1.84. The second kappa shape index (κ2) is 8.60. The van der Waals surface area contributed by atoms with E-state index in [1.54, 1.807) is 7.05 Å². The number of rotatable bonds is 5. The Balaban J connectivity index is 0.00000242. The van der Waals surface area contributed by atoms with Gasteiger partial charge in [0, 0.05) is 13.1 Å². The number of guanidine groups is 1. The van der Waals surface area contributed by atoms with E-state index >= 15 is 0 Å². The van der Waals surface area contributed by atoms with E-state index in [0.717, 1.165) is 18.3 Å². The van der Waals surface area contributed by atoms with E-state index in [9.17, 15) is 0 Å². The van der Waals surface area contributed by atoms with Crippen LogP contribution in [0.15, 0.2) is 29.3 Å². The molecule has 0 aliphatic heterocycles. The Hall–Kier alpha value is -0.980. The third-order valence-corrected chi connectivity index (χ3v) is 3.49. The highest BCUT2D eigenvalue weighted by atomic mass is 127. The Morgan fingerprint density at radius 2 is 1.95 bits per heavy atom. The molecule has 1 aliphatic rings. The highest BCUT2D eigenvalue weighted by Crippen LogP contribution is 2.30. The van der Waals surface area contributed by atoms with Gasteiger partial charge in [0.15, 0.2) is 5.96 Å². The molecule has 0 unspecified atom stereocenters. The SMILES string of the molecule is CN=C(NCCOc1ccccc1C(C)(C)C)NC1CC1.I. The molecule has 2 rings (SSSR count). The average Bonchev–Trinajstić information content (AvgIpc) is 3.25. The van der Waals surface area contributed by atoms with Gasteiger partial charge in [0.2, 0.25) is 0 Å². The smallest absolute Gasteiger partial charge is 0.191 e. The van der Waals surface area contributed by atoms with Gasteiger partial charge in [-0.3, -0.25) is 4.99 Å². The second-order valence-electron chi connectivity index (χ2n) is 6.51. The zero-order valence-electron chi connectivity index (χ0n) is 14.0. The quantitative estimate of drug-likeness (QED) is 0.335. The van der Waals surface area contributed by atoms with Crippen molar-refractivity contribution in [1.82, 2.24) is 10.6 Å². The van der Waals surface area contributed by atoms with Gasteiger partial charge in [0.05, 0.1) is 6.54 Å². The number of halogens is 1. The summed E-state index contributed by atoms with van der Waals surface area (Å²) in [7, 11) is 1.80. The highest BCUT2D eigenvalue weighted by Gasteiger charge is 2.22. The lowest BCUT2D eigenvalue weighted by Gasteiger charge is -2.22. The van der Waals surface area contributed by atoms with Gasteiger partial charge in [-0.25, -0.2) is 0 Å². The molecular formula is C17H28IN3O. The van der Waals surface area contributed by atoms with Gasteiger partial charge in [0.25, 0.3) is 0 Å². The molecule has 1 fully saturated rings. The van der Waals surface area contributed by atoms with Crippen LogP contribution in [0.5, 0.6) is 5.75 Å². The first-order chi connectivity index (χ1) is 10.0. The van der Waals surface area contributed by atoms with Gasteiger partial charge in [-0.1, -0.05) is 39.0 Å². The molecule has 0 bridgehead atoms. The number of para-hydroxylation sites is 1. The van der Waals surface area contributed by atoms with Gasteiger partial charge >= 0.3 is 0 Å². The number of hydrogen-bond donors (Lipinski definition) is 2. The van der Waals surface area contributed by atoms with Crippen molar-refractivity contribution >= 4 is 29.9 Å². The Bertz CT molecular complexity index is 493. The fourth-order valence-corrected chi connectivity index (χ4v) is 2.16. The summed E-state index contributed by atoms with van der Waals surface area (Å²) in [6.45, 7) is 7.97. The molecule has 0 spiro atoms. The second-order valence-corrected chi connectivity index (χ2v) is 6.51. The Morgan fingerprint density at radius 3 is 2.55 bits per heavy atom. The van der Waals surface area contributed by atoms with Crippen molar-refractivity contribution in [3.63, 3.8) is 0 Å². The average molecular weight is 417 g/mol. The molecule has 0 atom stereocenters. The Labute approximate surface area is 151 Å². The summed E-state index contributed by atoms with van der Waals surface area (Å²) >= 11 is 0. The van der Waals surface area contributed by atoms with Crippen molar-refractivity contribution in [3.05, 3.63) is 29.8 Å². The monoisotopic (exact) mass is 417 g/mol. The molecule has 0 heterocycles. The lowest BCUT2D eigenvalue weighted by Crippen LogP contribution is -2.40. The van der Waals surface area contributed by atoms with E-state index in [-0.39, 0.29) is 29.4 Å². The number of nitrogens with one attached hydrogen (secondary N) is 2. The van der Waals surface area contributed by atoms with Crippen molar-refractivity contribution in [1.29, 1.82) is 0 Å². The minimum absolute atomic E-state index is 0. The van der Waals surface area contributed by atoms with Gasteiger partial charge in [-0.2, -0.15) is 0 Å². The number of benzene rings is 1. The molecular weight excluding hydrogens is 389 g/mol. The van der Waals surface area contributed by atoms with Crippen molar-refractivity contribution < 1.29 is 4.74 Å². The predicted octanol–water partition coefficient (Wildman–Crippen LogP) is 3.31. The number of ether oxygens (including phenoxy) is 1. The molecule has 2 N–H and O–H groups in total. The zero-order valence-corrected chi connectivity index (χ0v) is 16.3. The first-order valence-electron chi connectivity index (χ1n) is 7.70. The van der Waals surface area contributed by atoms with E-state index in [1.807, 2.05) is 12.1 Å². The molecule has 4 nitrogen and oxygen atoms in total. The fraction of sp³-hybridized carbons (Fsp3) is 0.588. The fourth-order valence-electron chi connectivity index (χ4n) is 2.16. The normalized spacial score (nSPS) is 15.0. The van der Waals surface area contributed by atoms with Crippen molar-refractivity contribution in [2.75, 3.05) is 20.2 Å². The summed E-state index contributed by atoms with van der Waals surface area (Å²) in [4.78, 5) is 4.21. The van der Waals surface area contributed by atoms with E-state index in [4.69, 9.17) is 4.74 Å². The third-order valence-electron chi connectivity index (χ3n) is 3.49. The van der Waals surface area contributed by atoms with Crippen LogP contribution in [0, 0.1) is 0 Å². The standard InChI is InChI=1S/C17H27N3O.HI/c1-17(2,3)14-7-5-6-8-15(14)21-12-11-19-16(18-4)20-13-9-10-13;/h5-8,13H,9-12H2,1-4H3,(H2,18,19,20);1H. The Kier molecular flexibility index (Phi) is 7.45. The van der Waals surface area contributed by atoms with E-state index in [1.165, 1.54) is 18.4 Å². The molecule has 1 aromatic carbocycles. The van der Waals surface area contributed by atoms with E-state index in [0.29, 0.717) is 12.6 Å². The first-order valence-corrected chi connectivity index (χ1v) is 7.70. The highest BCUT2D eigenvalue weighted by molar-refractivity contribution is 14.0. The maximum atomic E-state index is 5.93. The van der Waals surface area contributed by atoms with Gasteiger partial charge < -0.3 is 15.4 Å². The van der Waals surface area contributed by atoms with Gasteiger partial charge in [0.1, 0.15) is 12.4 Å². The molecule has 0 amide bonds. The van der Waals surface area contributed by atoms with Crippen LogP contribution in [0.2, 0.25) is 0 Å². The summed E-state index contributed by atoms with van der Waals surface area (Å²) in [6, 6.07) is 8.87. The van der Waals surface area contributed by atoms with E-state index in [2.05, 4.69) is 48.5 Å². The van der Waals surface area contributed by atoms with Crippen LogP contribution in [0.3, 0.4) is 0 Å². The third kappa shape index (κ3) is 6.02. The van der Waals surface area contributed by atoms with Crippen LogP contribution in [-0.4, -0.2) is 32.2 Å². The molecule has 1 saturated carbocycles. The maximum Gasteiger partial charge on any atom is 0.191 e. The first kappa shape index (κ1) is 19.1. The summed E-state index contributed by atoms with van der Waals surface area (Å²) in [5, 5.41) is 6.64. The van der Waals surface area contributed by atoms with Crippen LogP contribution in [0.4, 0.5) is 0 Å². The van der Waals surface area contributed by atoms with Crippen LogP contribution >= 0.6 is 24.0 Å². The van der Waals surface area contributed by atoms with Crippen LogP contribution in [0.1, 0.15) is 39.2 Å². The van der Waals surface area contributed by atoms with Crippen molar-refractivity contribution in [3.8, 4) is 5.75 Å². The minimum atomic E-state index is 0. The summed E-state index contributed by atoms with van der Waals surface area (Å²) in [5.41, 5.74) is 1.33. The molecule has 0 saturated heterocycles. The molecule has 5 heteroatoms. The molecule has 1 aliphatic carbocycles. The number of nitrogens with zero attached hydrogens (tertiary/aromatic N) is 1. The zero-order chi connectivity index (χ0) is 15.3. The predicted molar refractivity (Wildman–Crippen MR) is 104 cm³/mol. The lowest BCUT2D eigenvalue weighted by molar-refractivity contribution is 0.313. The van der Waals surface area contributed by atoms with Gasteiger partial charge in [-0.15, -0.1) is 24.0 Å². The minimum Gasteiger partial charge on any atom is -0.491 e. The Morgan fingerprint density at radius 1 is 1.27 bits per heavy atom. The number of hydrogen-bond acceptors (Lipinski definition) is 2. The molecule has 1 aromatic rings. The largest absolute Gasteiger partial charge is 0.491 e. The van der Waals surface area contributed by atoms with Gasteiger partial charge in [-0.05, 0) is 29.9 Å². The molecule has 0 aromatic heterocycles. The molecule has 22 heavy (non-hydrogen) atoms. The number of aliphatic imine (C=N–C) groups is 1. The maximum absolute atomic E-state index is 5.93. The van der Waals surface area contributed by atoms with Crippen molar-refractivity contribution in [2.45, 2.75) is 45.1 Å². The van der Waals surface area contributed by atoms with Crippen LogP contribution in [0.25, 0.3) is 0 Å². The van der Waals surface area contributed by atoms with Crippen LogP contribution < -0.4 is 15.4 Å². The summed E-state index contributed by atoms with van der Waals surface area (Å²) in [6.07, 6.45) is 2.49. The van der Waals surface area contributed by atoms with Crippen molar-refractivity contribution in [2.24, 2.45) is 4.99 Å². The molecule has 124 valence electrons. The molecule has 0 radical (unpaired) electrons. The van der Waals surface area contributed by atoms with Crippen LogP contribution in [-0.2, 0) is 5.41 Å². The lowest BCUT2D eigenvalue weighted by atomic mass is 9.86.